The van der Waals surface area contributed by atoms with Crippen molar-refractivity contribution in [1.29, 1.82) is 0 Å². The molecule has 3 aliphatic heterocycles. The summed E-state index contributed by atoms with van der Waals surface area (Å²) < 4.78 is 5.46. The molecule has 0 saturated carbocycles. The molecule has 0 bridgehead atoms. The Morgan fingerprint density at radius 2 is 1.87 bits per heavy atom. The number of carbonyl (C=O) groups is 2. The normalized spacial score (nSPS) is 28.6. The maximum Gasteiger partial charge on any atom is 0.248 e. The highest BCUT2D eigenvalue weighted by Crippen LogP contribution is 2.38. The zero-order valence-corrected chi connectivity index (χ0v) is 17.4. The molecular formula is C22H29N3O5. The van der Waals surface area contributed by atoms with Crippen LogP contribution in [0.25, 0.3) is 0 Å². The fraction of sp³-hybridized carbons (Fsp3) is 0.545. The Balaban J connectivity index is 1.71. The number of fused-ring (bicyclic) bond motifs is 1. The number of nitrogens with zero attached hydrogens (tertiary/aromatic N) is 3. The number of rotatable bonds is 5. The van der Waals surface area contributed by atoms with Crippen molar-refractivity contribution < 1.29 is 24.5 Å². The summed E-state index contributed by atoms with van der Waals surface area (Å²) in [5.41, 5.74) is 0.580. The van der Waals surface area contributed by atoms with Crippen LogP contribution in [0.5, 0.6) is 11.5 Å². The van der Waals surface area contributed by atoms with E-state index in [-0.39, 0.29) is 17.6 Å². The Labute approximate surface area is 176 Å². The van der Waals surface area contributed by atoms with Gasteiger partial charge in [0, 0.05) is 20.1 Å². The molecular weight excluding hydrogens is 386 g/mol. The van der Waals surface area contributed by atoms with E-state index >= 15 is 0 Å². The van der Waals surface area contributed by atoms with Crippen LogP contribution in [0.2, 0.25) is 0 Å². The Bertz CT molecular complexity index is 851. The van der Waals surface area contributed by atoms with E-state index in [2.05, 4.69) is 5.01 Å². The average molecular weight is 415 g/mol. The Morgan fingerprint density at radius 3 is 2.57 bits per heavy atom. The number of ether oxygens (including phenoxy) is 1. The summed E-state index contributed by atoms with van der Waals surface area (Å²) in [7, 11) is 1.52. The third-order valence-corrected chi connectivity index (χ3v) is 6.25. The lowest BCUT2D eigenvalue weighted by molar-refractivity contribution is -0.155. The van der Waals surface area contributed by atoms with Crippen molar-refractivity contribution in [3.8, 4) is 11.5 Å². The first-order valence-electron chi connectivity index (χ1n) is 10.6. The number of phenolic OH excluding ortho intramolecular Hbond substituents is 1. The van der Waals surface area contributed by atoms with Crippen molar-refractivity contribution in [3.63, 3.8) is 0 Å². The Morgan fingerprint density at radius 1 is 1.13 bits per heavy atom. The molecule has 1 aromatic rings. The summed E-state index contributed by atoms with van der Waals surface area (Å²) in [6.07, 6.45) is 5.77. The summed E-state index contributed by atoms with van der Waals surface area (Å²) in [6, 6.07) is 3.64. The minimum Gasteiger partial charge on any atom is -0.504 e. The van der Waals surface area contributed by atoms with Gasteiger partial charge in [-0.1, -0.05) is 24.6 Å². The monoisotopic (exact) mass is 415 g/mol. The standard InChI is InChI=1S/C22H29N3O5/c1-3-30-18-13-14(7-10-17(18)26)20(27)16-9-8-15-19(22(29)23(2)21(15)28)25(16)24-11-5-4-6-12-24/h7-10,13,15-16,19-20,26-27H,3-6,11-12H2,1-2H3. The maximum atomic E-state index is 13.0. The number of piperidine rings is 1. The van der Waals surface area contributed by atoms with Crippen molar-refractivity contribution in [1.82, 2.24) is 14.9 Å². The molecule has 8 nitrogen and oxygen atoms in total. The molecule has 0 spiro atoms. The number of aromatic hydroxyl groups is 1. The number of hydrogen-bond donors (Lipinski definition) is 2. The lowest BCUT2D eigenvalue weighted by atomic mass is 9.90. The molecule has 162 valence electrons. The maximum absolute atomic E-state index is 13.0. The summed E-state index contributed by atoms with van der Waals surface area (Å²) in [5, 5.41) is 25.3. The van der Waals surface area contributed by atoms with E-state index in [1.807, 2.05) is 18.0 Å². The lowest BCUT2D eigenvalue weighted by Gasteiger charge is -2.47. The number of carbonyl (C=O) groups excluding carboxylic acids is 2. The fourth-order valence-electron chi connectivity index (χ4n) is 4.70. The van der Waals surface area contributed by atoms with E-state index in [0.29, 0.717) is 17.9 Å². The summed E-state index contributed by atoms with van der Waals surface area (Å²) >= 11 is 0. The van der Waals surface area contributed by atoms with Gasteiger partial charge in [-0.25, -0.2) is 10.0 Å². The number of phenols is 1. The molecule has 4 unspecified atom stereocenters. The van der Waals surface area contributed by atoms with Gasteiger partial charge in [-0.2, -0.15) is 0 Å². The van der Waals surface area contributed by atoms with E-state index in [1.165, 1.54) is 18.0 Å². The smallest absolute Gasteiger partial charge is 0.248 e. The molecule has 2 fully saturated rings. The Kier molecular flexibility index (Phi) is 5.81. The zero-order valence-electron chi connectivity index (χ0n) is 17.4. The summed E-state index contributed by atoms with van der Waals surface area (Å²) in [6.45, 7) is 3.78. The Hall–Kier alpha value is -2.42. The molecule has 2 N–H and O–H groups in total. The van der Waals surface area contributed by atoms with Crippen LogP contribution in [0.4, 0.5) is 0 Å². The molecule has 3 aliphatic rings. The number of likely N-dealkylation sites (tertiary alicyclic amines) is 1. The van der Waals surface area contributed by atoms with E-state index in [1.54, 1.807) is 18.2 Å². The van der Waals surface area contributed by atoms with E-state index in [0.717, 1.165) is 32.4 Å². The summed E-state index contributed by atoms with van der Waals surface area (Å²) in [4.78, 5) is 26.7. The van der Waals surface area contributed by atoms with E-state index in [4.69, 9.17) is 4.74 Å². The number of aliphatic hydroxyl groups excluding tert-OH is 1. The van der Waals surface area contributed by atoms with Gasteiger partial charge in [-0.15, -0.1) is 0 Å². The number of benzene rings is 1. The molecule has 30 heavy (non-hydrogen) atoms. The summed E-state index contributed by atoms with van der Waals surface area (Å²) in [5.74, 6) is -0.662. The number of hydrogen-bond acceptors (Lipinski definition) is 7. The molecule has 4 rings (SSSR count). The van der Waals surface area contributed by atoms with Gasteiger partial charge in [0.05, 0.1) is 24.7 Å². The third kappa shape index (κ3) is 3.49. The second kappa shape index (κ2) is 8.37. The molecule has 0 aromatic heterocycles. The van der Waals surface area contributed by atoms with Gasteiger partial charge < -0.3 is 14.9 Å². The first-order chi connectivity index (χ1) is 14.4. The molecule has 3 heterocycles. The van der Waals surface area contributed by atoms with Gasteiger partial charge in [-0.3, -0.25) is 14.5 Å². The largest absolute Gasteiger partial charge is 0.504 e. The molecule has 4 atom stereocenters. The second-order valence-electron chi connectivity index (χ2n) is 8.08. The predicted octanol–water partition coefficient (Wildman–Crippen LogP) is 1.45. The number of imide groups is 1. The first-order valence-corrected chi connectivity index (χ1v) is 10.6. The second-order valence-corrected chi connectivity index (χ2v) is 8.08. The van der Waals surface area contributed by atoms with Crippen molar-refractivity contribution in [3.05, 3.63) is 35.9 Å². The van der Waals surface area contributed by atoms with Gasteiger partial charge in [0.2, 0.25) is 11.8 Å². The van der Waals surface area contributed by atoms with Crippen molar-refractivity contribution >= 4 is 11.8 Å². The van der Waals surface area contributed by atoms with Crippen molar-refractivity contribution in [2.75, 3.05) is 26.7 Å². The third-order valence-electron chi connectivity index (χ3n) is 6.25. The minimum atomic E-state index is -0.960. The molecule has 1 aromatic carbocycles. The van der Waals surface area contributed by atoms with Crippen LogP contribution < -0.4 is 4.74 Å². The van der Waals surface area contributed by atoms with Crippen molar-refractivity contribution in [2.45, 2.75) is 44.4 Å². The van der Waals surface area contributed by atoms with Crippen LogP contribution in [0.3, 0.4) is 0 Å². The predicted molar refractivity (Wildman–Crippen MR) is 109 cm³/mol. The highest BCUT2D eigenvalue weighted by molar-refractivity contribution is 6.07. The number of aliphatic hydroxyl groups is 1. The van der Waals surface area contributed by atoms with Gasteiger partial charge in [0.25, 0.3) is 0 Å². The van der Waals surface area contributed by atoms with Gasteiger partial charge in [0.1, 0.15) is 6.04 Å². The molecule has 0 radical (unpaired) electrons. The van der Waals surface area contributed by atoms with Crippen molar-refractivity contribution in [2.24, 2.45) is 5.92 Å². The van der Waals surface area contributed by atoms with Gasteiger partial charge in [0.15, 0.2) is 11.5 Å². The number of amides is 2. The molecule has 2 amide bonds. The molecule has 8 heteroatoms. The molecule has 0 aliphatic carbocycles. The van der Waals surface area contributed by atoms with Crippen LogP contribution >= 0.6 is 0 Å². The van der Waals surface area contributed by atoms with E-state index in [9.17, 15) is 19.8 Å². The van der Waals surface area contributed by atoms with Crippen LogP contribution in [-0.2, 0) is 9.59 Å². The topological polar surface area (TPSA) is 93.5 Å². The van der Waals surface area contributed by atoms with Crippen LogP contribution in [0.1, 0.15) is 37.9 Å². The fourth-order valence-corrected chi connectivity index (χ4v) is 4.70. The van der Waals surface area contributed by atoms with Crippen LogP contribution in [0, 0.1) is 5.92 Å². The quantitative estimate of drug-likeness (QED) is 0.555. The van der Waals surface area contributed by atoms with Crippen LogP contribution in [-0.4, -0.2) is 75.8 Å². The van der Waals surface area contributed by atoms with Gasteiger partial charge >= 0.3 is 0 Å². The van der Waals surface area contributed by atoms with E-state index < -0.39 is 24.1 Å². The molecule has 2 saturated heterocycles. The number of likely N-dealkylation sites (N-methyl/N-ethyl adjacent to an activating group) is 1. The SMILES string of the molecule is CCOc1cc(C(O)C2C=CC3C(=O)N(C)C(=O)C3N2N2CCCCC2)ccc1O. The first kappa shape index (κ1) is 20.8. The van der Waals surface area contributed by atoms with Crippen LogP contribution in [0.15, 0.2) is 30.4 Å². The zero-order chi connectivity index (χ0) is 21.4. The van der Waals surface area contributed by atoms with Gasteiger partial charge in [-0.05, 0) is 37.5 Å². The number of hydrazine groups is 1. The highest BCUT2D eigenvalue weighted by Gasteiger charge is 2.53. The lowest BCUT2D eigenvalue weighted by Crippen LogP contribution is -2.61. The minimum absolute atomic E-state index is 0.0122. The average Bonchev–Trinajstić information content (AvgIpc) is 2.99. The highest BCUT2D eigenvalue weighted by atomic mass is 16.5.